The van der Waals surface area contributed by atoms with E-state index in [1.807, 2.05) is 14.1 Å². The van der Waals surface area contributed by atoms with Gasteiger partial charge in [0.2, 0.25) is 0 Å². The number of piperidine rings is 1. The Hall–Kier alpha value is -1.73. The van der Waals surface area contributed by atoms with E-state index >= 15 is 0 Å². The van der Waals surface area contributed by atoms with Crippen molar-refractivity contribution in [1.82, 2.24) is 20.4 Å². The van der Waals surface area contributed by atoms with Gasteiger partial charge >= 0.3 is 6.03 Å². The summed E-state index contributed by atoms with van der Waals surface area (Å²) in [6.07, 6.45) is 0.912. The fourth-order valence-corrected chi connectivity index (χ4v) is 3.22. The molecule has 0 unspecified atom stereocenters. The number of urea groups is 1. The average molecular weight is 340 g/mol. The Labute approximate surface area is 142 Å². The van der Waals surface area contributed by atoms with Crippen LogP contribution in [-0.4, -0.2) is 62.7 Å². The first-order valence-corrected chi connectivity index (χ1v) is 8.19. The fourth-order valence-electron chi connectivity index (χ4n) is 3.22. The van der Waals surface area contributed by atoms with Crippen molar-refractivity contribution in [1.29, 1.82) is 0 Å². The lowest BCUT2D eigenvalue weighted by Crippen LogP contribution is -2.53. The molecule has 0 spiro atoms. The van der Waals surface area contributed by atoms with Gasteiger partial charge in [0.25, 0.3) is 0 Å². The Bertz CT molecular complexity index is 568. The summed E-state index contributed by atoms with van der Waals surface area (Å²) in [5.74, 6) is -0.715. The highest BCUT2D eigenvalue weighted by molar-refractivity contribution is 5.73. The van der Waals surface area contributed by atoms with Gasteiger partial charge in [-0.3, -0.25) is 4.90 Å². The van der Waals surface area contributed by atoms with E-state index in [4.69, 9.17) is 0 Å². The highest BCUT2D eigenvalue weighted by Gasteiger charge is 2.31. The average Bonchev–Trinajstić information content (AvgIpc) is 2.55. The molecule has 2 amide bonds. The smallest absolute Gasteiger partial charge is 0.314 e. The lowest BCUT2D eigenvalue weighted by molar-refractivity contribution is 0.0776. The van der Waals surface area contributed by atoms with Crippen LogP contribution in [0.3, 0.4) is 0 Å². The number of nitrogens with zero attached hydrogens (tertiary/aromatic N) is 2. The van der Waals surface area contributed by atoms with Gasteiger partial charge in [-0.25, -0.2) is 13.6 Å². The number of nitrogens with one attached hydrogen (secondary N) is 2. The molecule has 134 valence electrons. The Morgan fingerprint density at radius 3 is 2.75 bits per heavy atom. The molecule has 0 radical (unpaired) electrons. The molecule has 2 N–H and O–H groups in total. The highest BCUT2D eigenvalue weighted by atomic mass is 19.1. The molecule has 0 aliphatic carbocycles. The van der Waals surface area contributed by atoms with Crippen molar-refractivity contribution in [3.05, 3.63) is 35.4 Å². The molecule has 2 atom stereocenters. The second-order valence-corrected chi connectivity index (χ2v) is 6.51. The number of hydrogen-bond donors (Lipinski definition) is 2. The molecule has 1 aromatic rings. The molecule has 1 fully saturated rings. The monoisotopic (exact) mass is 340 g/mol. The first-order chi connectivity index (χ1) is 11.4. The van der Waals surface area contributed by atoms with Crippen molar-refractivity contribution in [2.24, 2.45) is 5.92 Å². The topological polar surface area (TPSA) is 47.6 Å². The molecule has 1 heterocycles. The molecule has 0 aromatic heterocycles. The van der Waals surface area contributed by atoms with E-state index in [-0.39, 0.29) is 12.1 Å². The van der Waals surface area contributed by atoms with Crippen LogP contribution in [-0.2, 0) is 6.54 Å². The van der Waals surface area contributed by atoms with Crippen LogP contribution in [0, 0.1) is 17.6 Å². The van der Waals surface area contributed by atoms with Crippen LogP contribution in [0.1, 0.15) is 12.0 Å². The standard InChI is InChI=1S/C17H26F2N4O/c1-20-17(24)21-9-12-6-7-23(11-16(12)22(2)3)10-13-4-5-14(18)8-15(13)19/h4-5,8,12,16H,6-7,9-11H2,1-3H3,(H2,20,21,24)/t12-,16-/m1/s1. The SMILES string of the molecule is CNC(=O)NC[C@H]1CCN(Cc2ccc(F)cc2F)C[C@H]1N(C)C. The van der Waals surface area contributed by atoms with Crippen molar-refractivity contribution in [2.45, 2.75) is 19.0 Å². The van der Waals surface area contributed by atoms with Crippen LogP contribution in [0.4, 0.5) is 13.6 Å². The third-order valence-corrected chi connectivity index (χ3v) is 4.63. The van der Waals surface area contributed by atoms with Crippen molar-refractivity contribution >= 4 is 6.03 Å². The molecule has 7 heteroatoms. The Morgan fingerprint density at radius 1 is 1.38 bits per heavy atom. The lowest BCUT2D eigenvalue weighted by Gasteiger charge is -2.42. The highest BCUT2D eigenvalue weighted by Crippen LogP contribution is 2.23. The van der Waals surface area contributed by atoms with E-state index in [2.05, 4.69) is 20.4 Å². The first kappa shape index (κ1) is 18.6. The Kier molecular flexibility index (Phi) is 6.51. The van der Waals surface area contributed by atoms with Gasteiger partial charge in [0.1, 0.15) is 11.6 Å². The van der Waals surface area contributed by atoms with E-state index in [0.29, 0.717) is 24.6 Å². The lowest BCUT2D eigenvalue weighted by atomic mass is 9.90. The maximum atomic E-state index is 13.9. The molecule has 2 rings (SSSR count). The summed E-state index contributed by atoms with van der Waals surface area (Å²) in [6, 6.07) is 3.82. The number of amides is 2. The number of carbonyl (C=O) groups excluding carboxylic acids is 1. The predicted molar refractivity (Wildman–Crippen MR) is 89.7 cm³/mol. The van der Waals surface area contributed by atoms with Crippen molar-refractivity contribution in [3.63, 3.8) is 0 Å². The van der Waals surface area contributed by atoms with Crippen molar-refractivity contribution < 1.29 is 13.6 Å². The summed E-state index contributed by atoms with van der Waals surface area (Å²) in [5, 5.41) is 5.42. The van der Waals surface area contributed by atoms with Crippen LogP contribution in [0.2, 0.25) is 0 Å². The van der Waals surface area contributed by atoms with E-state index < -0.39 is 11.6 Å². The van der Waals surface area contributed by atoms with Gasteiger partial charge in [-0.1, -0.05) is 6.07 Å². The van der Waals surface area contributed by atoms with Gasteiger partial charge in [-0.05, 0) is 39.0 Å². The molecule has 1 aliphatic rings. The number of rotatable bonds is 5. The number of carbonyl (C=O) groups is 1. The number of likely N-dealkylation sites (tertiary alicyclic amines) is 1. The molecule has 24 heavy (non-hydrogen) atoms. The summed E-state index contributed by atoms with van der Waals surface area (Å²) < 4.78 is 26.9. The summed E-state index contributed by atoms with van der Waals surface area (Å²) in [4.78, 5) is 15.7. The van der Waals surface area contributed by atoms with E-state index in [1.54, 1.807) is 7.05 Å². The van der Waals surface area contributed by atoms with Gasteiger partial charge in [0.15, 0.2) is 0 Å². The normalized spacial score (nSPS) is 21.8. The van der Waals surface area contributed by atoms with E-state index in [1.165, 1.54) is 12.1 Å². The Morgan fingerprint density at radius 2 is 2.12 bits per heavy atom. The molecule has 1 saturated heterocycles. The minimum absolute atomic E-state index is 0.177. The number of benzene rings is 1. The van der Waals surface area contributed by atoms with Gasteiger partial charge in [0, 0.05) is 44.4 Å². The third-order valence-electron chi connectivity index (χ3n) is 4.63. The summed E-state index contributed by atoms with van der Waals surface area (Å²) in [7, 11) is 5.62. The zero-order valence-corrected chi connectivity index (χ0v) is 14.5. The van der Waals surface area contributed by atoms with Crippen LogP contribution < -0.4 is 10.6 Å². The molecular weight excluding hydrogens is 314 g/mol. The van der Waals surface area contributed by atoms with Crippen LogP contribution in [0.25, 0.3) is 0 Å². The summed E-state index contributed by atoms with van der Waals surface area (Å²) >= 11 is 0. The maximum Gasteiger partial charge on any atom is 0.314 e. The largest absolute Gasteiger partial charge is 0.341 e. The van der Waals surface area contributed by atoms with Gasteiger partial charge in [-0.2, -0.15) is 0 Å². The molecular formula is C17H26F2N4O. The molecule has 1 aromatic carbocycles. The van der Waals surface area contributed by atoms with Crippen molar-refractivity contribution in [3.8, 4) is 0 Å². The van der Waals surface area contributed by atoms with Crippen LogP contribution >= 0.6 is 0 Å². The number of hydrogen-bond acceptors (Lipinski definition) is 3. The molecule has 0 bridgehead atoms. The van der Waals surface area contributed by atoms with E-state index in [0.717, 1.165) is 25.6 Å². The second-order valence-electron chi connectivity index (χ2n) is 6.51. The Balaban J connectivity index is 1.97. The number of halogens is 2. The zero-order chi connectivity index (χ0) is 17.7. The minimum atomic E-state index is -0.554. The van der Waals surface area contributed by atoms with Crippen LogP contribution in [0.15, 0.2) is 18.2 Å². The molecule has 1 aliphatic heterocycles. The van der Waals surface area contributed by atoms with Gasteiger partial charge < -0.3 is 15.5 Å². The quantitative estimate of drug-likeness (QED) is 0.857. The molecule has 5 nitrogen and oxygen atoms in total. The second kappa shape index (κ2) is 8.39. The van der Waals surface area contributed by atoms with Crippen molar-refractivity contribution in [2.75, 3.05) is 40.8 Å². The van der Waals surface area contributed by atoms with E-state index in [9.17, 15) is 13.6 Å². The van der Waals surface area contributed by atoms with Crippen LogP contribution in [0.5, 0.6) is 0 Å². The van der Waals surface area contributed by atoms with Gasteiger partial charge in [0.05, 0.1) is 0 Å². The first-order valence-electron chi connectivity index (χ1n) is 8.19. The third kappa shape index (κ3) is 4.88. The minimum Gasteiger partial charge on any atom is -0.341 e. The zero-order valence-electron chi connectivity index (χ0n) is 14.5. The summed E-state index contributed by atoms with van der Waals surface area (Å²) in [6.45, 7) is 2.68. The maximum absolute atomic E-state index is 13.9. The van der Waals surface area contributed by atoms with Gasteiger partial charge in [-0.15, -0.1) is 0 Å². The number of likely N-dealkylation sites (N-methyl/N-ethyl adjacent to an activating group) is 1. The fraction of sp³-hybridized carbons (Fsp3) is 0.588. The predicted octanol–water partition coefficient (Wildman–Crippen LogP) is 1.65. The molecule has 0 saturated carbocycles. The summed E-state index contributed by atoms with van der Waals surface area (Å²) in [5.41, 5.74) is 0.510.